The van der Waals surface area contributed by atoms with E-state index in [9.17, 15) is 4.39 Å². The van der Waals surface area contributed by atoms with Crippen molar-refractivity contribution in [3.63, 3.8) is 0 Å². The summed E-state index contributed by atoms with van der Waals surface area (Å²) in [7, 11) is 1.49. The van der Waals surface area contributed by atoms with E-state index in [1.54, 1.807) is 6.07 Å². The fourth-order valence-electron chi connectivity index (χ4n) is 3.03. The Morgan fingerprint density at radius 2 is 1.95 bits per heavy atom. The number of methoxy groups -OCH3 is 1. The predicted octanol–water partition coefficient (Wildman–Crippen LogP) is 3.67. The highest BCUT2D eigenvalue weighted by Gasteiger charge is 2.21. The van der Waals surface area contributed by atoms with Crippen molar-refractivity contribution in [3.8, 4) is 5.75 Å². The Bertz CT molecular complexity index is 400. The quantitative estimate of drug-likeness (QED) is 0.843. The van der Waals surface area contributed by atoms with Gasteiger partial charge in [-0.05, 0) is 36.8 Å². The molecule has 1 unspecified atom stereocenters. The molecule has 0 saturated heterocycles. The maximum atomic E-state index is 14.1. The SMILES string of the molecule is COc1cccc(CC(N)C2CCCCCC2)c1F. The fourth-order valence-corrected chi connectivity index (χ4v) is 3.03. The van der Waals surface area contributed by atoms with E-state index >= 15 is 0 Å². The zero-order valence-corrected chi connectivity index (χ0v) is 11.7. The van der Waals surface area contributed by atoms with Crippen LogP contribution in [0, 0.1) is 11.7 Å². The molecule has 2 N–H and O–H groups in total. The second kappa shape index (κ2) is 6.90. The molecule has 19 heavy (non-hydrogen) atoms. The standard InChI is InChI=1S/C16H24FNO/c1-19-15-10-6-9-13(16(15)17)11-14(18)12-7-4-2-3-5-8-12/h6,9-10,12,14H,2-5,7-8,11,18H2,1H3. The second-order valence-electron chi connectivity index (χ2n) is 5.55. The van der Waals surface area contributed by atoms with E-state index in [-0.39, 0.29) is 11.9 Å². The average molecular weight is 265 g/mol. The lowest BCUT2D eigenvalue weighted by atomic mass is 9.88. The molecule has 0 bridgehead atoms. The van der Waals surface area contributed by atoms with Gasteiger partial charge in [0.15, 0.2) is 11.6 Å². The molecule has 1 fully saturated rings. The molecule has 1 aliphatic carbocycles. The minimum absolute atomic E-state index is 0.0553. The molecule has 1 saturated carbocycles. The van der Waals surface area contributed by atoms with Crippen LogP contribution in [0.2, 0.25) is 0 Å². The summed E-state index contributed by atoms with van der Waals surface area (Å²) < 4.78 is 19.1. The van der Waals surface area contributed by atoms with Crippen molar-refractivity contribution >= 4 is 0 Å². The molecule has 0 heterocycles. The normalized spacial score (nSPS) is 18.9. The third kappa shape index (κ3) is 3.69. The molecule has 2 rings (SSSR count). The van der Waals surface area contributed by atoms with Gasteiger partial charge in [-0.2, -0.15) is 0 Å². The Morgan fingerprint density at radius 1 is 1.26 bits per heavy atom. The summed E-state index contributed by atoms with van der Waals surface area (Å²) in [6.45, 7) is 0. The van der Waals surface area contributed by atoms with Crippen LogP contribution in [0.5, 0.6) is 5.75 Å². The van der Waals surface area contributed by atoms with E-state index < -0.39 is 0 Å². The highest BCUT2D eigenvalue weighted by Crippen LogP contribution is 2.28. The smallest absolute Gasteiger partial charge is 0.168 e. The van der Waals surface area contributed by atoms with Gasteiger partial charge >= 0.3 is 0 Å². The van der Waals surface area contributed by atoms with Gasteiger partial charge in [0.05, 0.1) is 7.11 Å². The second-order valence-corrected chi connectivity index (χ2v) is 5.55. The number of nitrogens with two attached hydrogens (primary N) is 1. The molecule has 0 radical (unpaired) electrons. The summed E-state index contributed by atoms with van der Waals surface area (Å²) in [5.41, 5.74) is 6.98. The Hall–Kier alpha value is -1.09. The van der Waals surface area contributed by atoms with Gasteiger partial charge in [-0.3, -0.25) is 0 Å². The van der Waals surface area contributed by atoms with E-state index in [4.69, 9.17) is 10.5 Å². The monoisotopic (exact) mass is 265 g/mol. The first kappa shape index (κ1) is 14.3. The third-order valence-corrected chi connectivity index (χ3v) is 4.22. The molecule has 0 aromatic heterocycles. The van der Waals surface area contributed by atoms with Crippen molar-refractivity contribution in [3.05, 3.63) is 29.6 Å². The minimum Gasteiger partial charge on any atom is -0.494 e. The lowest BCUT2D eigenvalue weighted by Gasteiger charge is -2.22. The van der Waals surface area contributed by atoms with Gasteiger partial charge < -0.3 is 10.5 Å². The van der Waals surface area contributed by atoms with Crippen LogP contribution in [0.25, 0.3) is 0 Å². The van der Waals surface area contributed by atoms with Gasteiger partial charge in [0.1, 0.15) is 0 Å². The van der Waals surface area contributed by atoms with Crippen LogP contribution in [-0.4, -0.2) is 13.2 Å². The van der Waals surface area contributed by atoms with Gasteiger partial charge in [-0.15, -0.1) is 0 Å². The molecule has 1 aromatic carbocycles. The van der Waals surface area contributed by atoms with Gasteiger partial charge in [0.25, 0.3) is 0 Å². The lowest BCUT2D eigenvalue weighted by molar-refractivity contribution is 0.361. The molecule has 0 amide bonds. The molecule has 1 atom stereocenters. The van der Waals surface area contributed by atoms with Gasteiger partial charge in [-0.1, -0.05) is 37.8 Å². The first-order chi connectivity index (χ1) is 9.22. The van der Waals surface area contributed by atoms with E-state index in [0.29, 0.717) is 23.7 Å². The number of benzene rings is 1. The fraction of sp³-hybridized carbons (Fsp3) is 0.625. The van der Waals surface area contributed by atoms with Crippen LogP contribution >= 0.6 is 0 Å². The number of hydrogen-bond acceptors (Lipinski definition) is 2. The average Bonchev–Trinajstić information content (AvgIpc) is 2.70. The number of hydrogen-bond donors (Lipinski definition) is 1. The number of halogens is 1. The molecule has 2 nitrogen and oxygen atoms in total. The molecule has 3 heteroatoms. The van der Waals surface area contributed by atoms with Crippen molar-refractivity contribution in [2.45, 2.75) is 51.0 Å². The predicted molar refractivity (Wildman–Crippen MR) is 75.8 cm³/mol. The van der Waals surface area contributed by atoms with E-state index in [2.05, 4.69) is 0 Å². The zero-order chi connectivity index (χ0) is 13.7. The van der Waals surface area contributed by atoms with Crippen LogP contribution in [0.4, 0.5) is 4.39 Å². The summed E-state index contributed by atoms with van der Waals surface area (Å²) in [5.74, 6) is 0.590. The van der Waals surface area contributed by atoms with E-state index in [1.807, 2.05) is 12.1 Å². The number of rotatable bonds is 4. The summed E-state index contributed by atoms with van der Waals surface area (Å²) in [4.78, 5) is 0. The Kier molecular flexibility index (Phi) is 5.20. The molecular formula is C16H24FNO. The number of ether oxygens (including phenoxy) is 1. The van der Waals surface area contributed by atoms with Crippen molar-refractivity contribution in [1.29, 1.82) is 0 Å². The lowest BCUT2D eigenvalue weighted by Crippen LogP contribution is -2.32. The molecule has 0 spiro atoms. The Balaban J connectivity index is 2.03. The maximum absolute atomic E-state index is 14.1. The topological polar surface area (TPSA) is 35.2 Å². The summed E-state index contributed by atoms with van der Waals surface area (Å²) in [6.07, 6.45) is 8.14. The Labute approximate surface area is 115 Å². The van der Waals surface area contributed by atoms with Gasteiger partial charge in [0, 0.05) is 6.04 Å². The van der Waals surface area contributed by atoms with E-state index in [1.165, 1.54) is 45.6 Å². The van der Waals surface area contributed by atoms with Gasteiger partial charge in [0.2, 0.25) is 0 Å². The first-order valence-electron chi connectivity index (χ1n) is 7.29. The van der Waals surface area contributed by atoms with Crippen LogP contribution in [0.1, 0.15) is 44.1 Å². The summed E-state index contributed by atoms with van der Waals surface area (Å²) >= 11 is 0. The highest BCUT2D eigenvalue weighted by atomic mass is 19.1. The molecule has 0 aliphatic heterocycles. The van der Waals surface area contributed by atoms with Crippen LogP contribution in [-0.2, 0) is 6.42 Å². The summed E-state index contributed by atoms with van der Waals surface area (Å²) in [6, 6.07) is 5.35. The zero-order valence-electron chi connectivity index (χ0n) is 11.7. The minimum atomic E-state index is -0.255. The largest absolute Gasteiger partial charge is 0.494 e. The maximum Gasteiger partial charge on any atom is 0.168 e. The van der Waals surface area contributed by atoms with Crippen LogP contribution < -0.4 is 10.5 Å². The molecule has 106 valence electrons. The van der Waals surface area contributed by atoms with Crippen molar-refractivity contribution in [1.82, 2.24) is 0 Å². The van der Waals surface area contributed by atoms with Gasteiger partial charge in [-0.25, -0.2) is 4.39 Å². The first-order valence-corrected chi connectivity index (χ1v) is 7.29. The molecule has 1 aliphatic rings. The molecule has 1 aromatic rings. The summed E-state index contributed by atoms with van der Waals surface area (Å²) in [5, 5.41) is 0. The van der Waals surface area contributed by atoms with Crippen molar-refractivity contribution in [2.75, 3.05) is 7.11 Å². The van der Waals surface area contributed by atoms with E-state index in [0.717, 1.165) is 0 Å². The molecular weight excluding hydrogens is 241 g/mol. The van der Waals surface area contributed by atoms with Crippen molar-refractivity contribution < 1.29 is 9.13 Å². The Morgan fingerprint density at radius 3 is 2.58 bits per heavy atom. The third-order valence-electron chi connectivity index (χ3n) is 4.22. The van der Waals surface area contributed by atoms with Crippen LogP contribution in [0.15, 0.2) is 18.2 Å². The highest BCUT2D eigenvalue weighted by molar-refractivity contribution is 5.31. The van der Waals surface area contributed by atoms with Crippen molar-refractivity contribution in [2.24, 2.45) is 11.7 Å². The van der Waals surface area contributed by atoms with Crippen LogP contribution in [0.3, 0.4) is 0 Å².